The van der Waals surface area contributed by atoms with Crippen molar-refractivity contribution in [2.75, 3.05) is 11.1 Å². The largest absolute Gasteiger partial charge is 0.325 e. The van der Waals surface area contributed by atoms with Crippen LogP contribution in [-0.4, -0.2) is 26.3 Å². The van der Waals surface area contributed by atoms with Crippen LogP contribution in [0.5, 0.6) is 0 Å². The summed E-state index contributed by atoms with van der Waals surface area (Å²) in [6, 6.07) is 6.10. The van der Waals surface area contributed by atoms with Gasteiger partial charge in [0.1, 0.15) is 5.82 Å². The van der Waals surface area contributed by atoms with Crippen molar-refractivity contribution in [3.8, 4) is 0 Å². The van der Waals surface area contributed by atoms with E-state index in [-0.39, 0.29) is 17.5 Å². The number of carbonyl (C=O) groups excluding carboxylic acids is 1. The highest BCUT2D eigenvalue weighted by Gasteiger charge is 2.12. The van der Waals surface area contributed by atoms with E-state index in [0.717, 1.165) is 0 Å². The Morgan fingerprint density at radius 2 is 2.12 bits per heavy atom. The van der Waals surface area contributed by atoms with Crippen LogP contribution in [0.4, 0.5) is 10.1 Å². The number of thioether (sulfide) groups is 1. The zero-order chi connectivity index (χ0) is 17.3. The lowest BCUT2D eigenvalue weighted by molar-refractivity contribution is -0.113. The van der Waals surface area contributed by atoms with E-state index in [9.17, 15) is 9.18 Å². The molecule has 0 aliphatic carbocycles. The lowest BCUT2D eigenvalue weighted by Crippen LogP contribution is -2.14. The Morgan fingerprint density at radius 3 is 2.88 bits per heavy atom. The zero-order valence-electron chi connectivity index (χ0n) is 12.4. The van der Waals surface area contributed by atoms with Crippen LogP contribution in [0.2, 0.25) is 10.0 Å². The first-order valence-corrected chi connectivity index (χ1v) is 8.57. The van der Waals surface area contributed by atoms with Crippen LogP contribution in [-0.2, 0) is 4.79 Å². The molecule has 0 bridgehead atoms. The SMILES string of the molecule is Cc1ccc(NC(=O)CSc2nnc3c(Cl)cc(Cl)cn23)cc1F. The number of rotatable bonds is 4. The summed E-state index contributed by atoms with van der Waals surface area (Å²) in [6.45, 7) is 1.66. The molecular weight excluding hydrogens is 374 g/mol. The van der Waals surface area contributed by atoms with Crippen molar-refractivity contribution in [1.82, 2.24) is 14.6 Å². The van der Waals surface area contributed by atoms with Crippen molar-refractivity contribution < 1.29 is 9.18 Å². The molecule has 0 saturated heterocycles. The fourth-order valence-corrected chi connectivity index (χ4v) is 3.22. The molecule has 124 valence electrons. The molecule has 1 amide bonds. The molecule has 0 radical (unpaired) electrons. The molecule has 0 atom stereocenters. The van der Waals surface area contributed by atoms with E-state index in [2.05, 4.69) is 15.5 Å². The molecule has 0 saturated carbocycles. The minimum Gasteiger partial charge on any atom is -0.325 e. The highest BCUT2D eigenvalue weighted by Crippen LogP contribution is 2.25. The van der Waals surface area contributed by atoms with Crippen molar-refractivity contribution in [2.24, 2.45) is 0 Å². The number of hydrogen-bond acceptors (Lipinski definition) is 4. The Labute approximate surface area is 151 Å². The lowest BCUT2D eigenvalue weighted by atomic mass is 10.2. The second kappa shape index (κ2) is 6.96. The Balaban J connectivity index is 1.69. The number of aromatic nitrogens is 3. The van der Waals surface area contributed by atoms with Crippen LogP contribution in [0.1, 0.15) is 5.56 Å². The summed E-state index contributed by atoms with van der Waals surface area (Å²) in [5, 5.41) is 11.9. The van der Waals surface area contributed by atoms with Gasteiger partial charge < -0.3 is 5.32 Å². The molecule has 0 unspecified atom stereocenters. The molecular formula is C15H11Cl2FN4OS. The maximum absolute atomic E-state index is 13.5. The maximum Gasteiger partial charge on any atom is 0.234 e. The number of nitrogens with zero attached hydrogens (tertiary/aromatic N) is 3. The summed E-state index contributed by atoms with van der Waals surface area (Å²) in [7, 11) is 0. The number of hydrogen-bond donors (Lipinski definition) is 1. The van der Waals surface area contributed by atoms with Crippen molar-refractivity contribution in [3.63, 3.8) is 0 Å². The van der Waals surface area contributed by atoms with Gasteiger partial charge in [0.05, 0.1) is 15.8 Å². The molecule has 2 aromatic heterocycles. The van der Waals surface area contributed by atoms with Gasteiger partial charge in [-0.25, -0.2) is 4.39 Å². The first-order valence-electron chi connectivity index (χ1n) is 6.82. The van der Waals surface area contributed by atoms with Crippen LogP contribution in [0.3, 0.4) is 0 Å². The average molecular weight is 385 g/mol. The summed E-state index contributed by atoms with van der Waals surface area (Å²) in [4.78, 5) is 12.0. The fourth-order valence-electron chi connectivity index (χ4n) is 2.00. The first-order chi connectivity index (χ1) is 11.4. The van der Waals surface area contributed by atoms with Crippen LogP contribution < -0.4 is 5.32 Å². The zero-order valence-corrected chi connectivity index (χ0v) is 14.7. The summed E-state index contributed by atoms with van der Waals surface area (Å²) >= 11 is 13.2. The second-order valence-corrected chi connectivity index (χ2v) is 6.77. The van der Waals surface area contributed by atoms with E-state index in [0.29, 0.717) is 32.1 Å². The fraction of sp³-hybridized carbons (Fsp3) is 0.133. The molecule has 1 N–H and O–H groups in total. The summed E-state index contributed by atoms with van der Waals surface area (Å²) in [5.74, 6) is -0.568. The number of pyridine rings is 1. The number of halogens is 3. The van der Waals surface area contributed by atoms with Crippen molar-refractivity contribution >= 4 is 52.2 Å². The monoisotopic (exact) mass is 384 g/mol. The van der Waals surface area contributed by atoms with E-state index in [1.165, 1.54) is 17.8 Å². The third-order valence-corrected chi connectivity index (χ3v) is 4.61. The van der Waals surface area contributed by atoms with Crippen LogP contribution >= 0.6 is 35.0 Å². The van der Waals surface area contributed by atoms with E-state index in [4.69, 9.17) is 23.2 Å². The predicted molar refractivity (Wildman–Crippen MR) is 93.5 cm³/mol. The number of nitrogens with one attached hydrogen (secondary N) is 1. The number of fused-ring (bicyclic) bond motifs is 1. The Bertz CT molecular complexity index is 931. The molecule has 0 spiro atoms. The molecule has 1 aromatic carbocycles. The number of carbonyl (C=O) groups is 1. The third kappa shape index (κ3) is 3.63. The molecule has 9 heteroatoms. The van der Waals surface area contributed by atoms with Crippen molar-refractivity contribution in [3.05, 3.63) is 51.9 Å². The standard InChI is InChI=1S/C15H11Cl2FN4OS/c1-8-2-3-10(5-12(8)18)19-13(23)7-24-15-21-20-14-11(17)4-9(16)6-22(14)15/h2-6H,7H2,1H3,(H,19,23). The average Bonchev–Trinajstić information content (AvgIpc) is 2.92. The van der Waals surface area contributed by atoms with Gasteiger partial charge in [0, 0.05) is 11.9 Å². The normalized spacial score (nSPS) is 11.0. The van der Waals surface area contributed by atoms with Gasteiger partial charge in [-0.05, 0) is 30.7 Å². The number of benzene rings is 1. The van der Waals surface area contributed by atoms with Crippen LogP contribution in [0.15, 0.2) is 35.6 Å². The van der Waals surface area contributed by atoms with Gasteiger partial charge in [-0.2, -0.15) is 0 Å². The number of anilines is 1. The highest BCUT2D eigenvalue weighted by molar-refractivity contribution is 7.99. The topological polar surface area (TPSA) is 59.3 Å². The molecule has 0 aliphatic rings. The maximum atomic E-state index is 13.5. The van der Waals surface area contributed by atoms with Crippen LogP contribution in [0, 0.1) is 12.7 Å². The Hall–Kier alpha value is -1.83. The first kappa shape index (κ1) is 17.0. The van der Waals surface area contributed by atoms with E-state index in [1.807, 2.05) is 0 Å². The summed E-state index contributed by atoms with van der Waals surface area (Å²) in [5.41, 5.74) is 1.39. The van der Waals surface area contributed by atoms with Gasteiger partial charge in [0.2, 0.25) is 5.91 Å². The van der Waals surface area contributed by atoms with Gasteiger partial charge >= 0.3 is 0 Å². The molecule has 5 nitrogen and oxygen atoms in total. The minimum atomic E-state index is -0.367. The lowest BCUT2D eigenvalue weighted by Gasteiger charge is -2.06. The van der Waals surface area contributed by atoms with E-state index < -0.39 is 0 Å². The quantitative estimate of drug-likeness (QED) is 0.684. The van der Waals surface area contributed by atoms with Gasteiger partial charge in [-0.3, -0.25) is 9.20 Å². The van der Waals surface area contributed by atoms with Gasteiger partial charge in [0.25, 0.3) is 0 Å². The Kier molecular flexibility index (Phi) is 4.93. The van der Waals surface area contributed by atoms with E-state index in [1.54, 1.807) is 35.7 Å². The van der Waals surface area contributed by atoms with Gasteiger partial charge in [-0.15, -0.1) is 10.2 Å². The summed E-state index contributed by atoms with van der Waals surface area (Å²) < 4.78 is 15.1. The molecule has 0 aliphatic heterocycles. The molecule has 0 fully saturated rings. The summed E-state index contributed by atoms with van der Waals surface area (Å²) in [6.07, 6.45) is 1.62. The van der Waals surface area contributed by atoms with Crippen molar-refractivity contribution in [1.29, 1.82) is 0 Å². The molecule has 3 rings (SSSR count). The van der Waals surface area contributed by atoms with Gasteiger partial charge in [0.15, 0.2) is 10.8 Å². The van der Waals surface area contributed by atoms with Crippen LogP contribution in [0.25, 0.3) is 5.65 Å². The smallest absolute Gasteiger partial charge is 0.234 e. The van der Waals surface area contributed by atoms with E-state index >= 15 is 0 Å². The molecule has 24 heavy (non-hydrogen) atoms. The molecule has 2 heterocycles. The number of amides is 1. The third-order valence-electron chi connectivity index (χ3n) is 3.18. The second-order valence-electron chi connectivity index (χ2n) is 4.98. The number of aryl methyl sites for hydroxylation is 1. The Morgan fingerprint density at radius 1 is 1.33 bits per heavy atom. The molecule has 3 aromatic rings. The van der Waals surface area contributed by atoms with Crippen molar-refractivity contribution in [2.45, 2.75) is 12.1 Å². The highest BCUT2D eigenvalue weighted by atomic mass is 35.5. The minimum absolute atomic E-state index is 0.0838. The van der Waals surface area contributed by atoms with Gasteiger partial charge in [-0.1, -0.05) is 41.0 Å². The predicted octanol–water partition coefficient (Wildman–Crippen LogP) is 4.21.